The van der Waals surface area contributed by atoms with Crippen LogP contribution in [-0.2, 0) is 28.4 Å². The average Bonchev–Trinajstić information content (AvgIpc) is 2.93. The molecule has 1 aromatic carbocycles. The fourth-order valence-electron chi connectivity index (χ4n) is 3.44. The number of esters is 3. The Morgan fingerprint density at radius 3 is 1.05 bits per heavy atom. The van der Waals surface area contributed by atoms with Crippen LogP contribution in [0.3, 0.4) is 0 Å². The van der Waals surface area contributed by atoms with Gasteiger partial charge in [0.1, 0.15) is 0 Å². The Kier molecular flexibility index (Phi) is 16.5. The molecule has 0 aliphatic carbocycles. The first-order valence-electron chi connectivity index (χ1n) is 13.4. The number of carbonyl (C=O) groups is 3. The standard InChI is InChI=1S/C30H42O9/c1-7-13-16-25(34-10-4)37-28(31)22-19-23(29(32)38-26(35-11-5)17-14-8-2)21-24(20-22)30(33)39-27(36-12-6)18-15-9-3/h10-12,19-21,25-27H,4-9,13-18H2,1-3H3. The zero-order valence-electron chi connectivity index (χ0n) is 23.4. The molecule has 0 amide bonds. The SMILES string of the molecule is C=COC(CCCC)OC(=O)c1cc(C(=O)OC(CCCC)OC=C)cc(C(=O)OC(CCCC)OC=C)c1. The minimum Gasteiger partial charge on any atom is -0.463 e. The minimum absolute atomic E-state index is 0.0601. The van der Waals surface area contributed by atoms with Gasteiger partial charge in [0.25, 0.3) is 0 Å². The molecule has 0 N–H and O–H groups in total. The fraction of sp³-hybridized carbons (Fsp3) is 0.500. The molecular weight excluding hydrogens is 504 g/mol. The van der Waals surface area contributed by atoms with Gasteiger partial charge in [-0.3, -0.25) is 0 Å². The molecule has 3 atom stereocenters. The van der Waals surface area contributed by atoms with Crippen molar-refractivity contribution in [2.45, 2.75) is 97.4 Å². The largest absolute Gasteiger partial charge is 0.463 e. The van der Waals surface area contributed by atoms with E-state index in [9.17, 15) is 14.4 Å². The number of ether oxygens (including phenoxy) is 6. The predicted molar refractivity (Wildman–Crippen MR) is 146 cm³/mol. The molecular formula is C30H42O9. The summed E-state index contributed by atoms with van der Waals surface area (Å²) in [5.74, 6) is -2.38. The van der Waals surface area contributed by atoms with Crippen LogP contribution in [0.5, 0.6) is 0 Å². The van der Waals surface area contributed by atoms with E-state index >= 15 is 0 Å². The summed E-state index contributed by atoms with van der Waals surface area (Å²) in [6.07, 6.45) is 7.13. The Balaban J connectivity index is 3.34. The van der Waals surface area contributed by atoms with Crippen molar-refractivity contribution in [1.82, 2.24) is 0 Å². The van der Waals surface area contributed by atoms with Crippen LogP contribution in [0, 0.1) is 0 Å². The maximum absolute atomic E-state index is 13.1. The van der Waals surface area contributed by atoms with Gasteiger partial charge >= 0.3 is 17.9 Å². The van der Waals surface area contributed by atoms with Crippen LogP contribution in [0.15, 0.2) is 56.7 Å². The van der Waals surface area contributed by atoms with Crippen molar-refractivity contribution in [1.29, 1.82) is 0 Å². The third-order valence-electron chi connectivity index (χ3n) is 5.48. The van der Waals surface area contributed by atoms with Crippen LogP contribution >= 0.6 is 0 Å². The van der Waals surface area contributed by atoms with E-state index < -0.39 is 36.8 Å². The number of rotatable bonds is 21. The van der Waals surface area contributed by atoms with Gasteiger partial charge in [0, 0.05) is 19.3 Å². The van der Waals surface area contributed by atoms with E-state index in [1.54, 1.807) is 0 Å². The lowest BCUT2D eigenvalue weighted by Crippen LogP contribution is -2.23. The van der Waals surface area contributed by atoms with Gasteiger partial charge in [-0.05, 0) is 37.5 Å². The first kappa shape index (κ1) is 33.3. The van der Waals surface area contributed by atoms with Gasteiger partial charge in [0.15, 0.2) is 0 Å². The second kappa shape index (κ2) is 19.3. The summed E-state index contributed by atoms with van der Waals surface area (Å²) in [6.45, 7) is 16.5. The van der Waals surface area contributed by atoms with Crippen LogP contribution in [-0.4, -0.2) is 36.8 Å². The van der Waals surface area contributed by atoms with Crippen LogP contribution in [0.4, 0.5) is 0 Å². The number of carbonyl (C=O) groups excluding carboxylic acids is 3. The highest BCUT2D eigenvalue weighted by atomic mass is 16.7. The van der Waals surface area contributed by atoms with E-state index in [1.807, 2.05) is 20.8 Å². The Labute approximate surface area is 231 Å². The highest BCUT2D eigenvalue weighted by molar-refractivity contribution is 6.00. The normalized spacial score (nSPS) is 12.7. The number of unbranched alkanes of at least 4 members (excludes halogenated alkanes) is 3. The zero-order valence-corrected chi connectivity index (χ0v) is 23.4. The average molecular weight is 547 g/mol. The van der Waals surface area contributed by atoms with E-state index in [1.165, 1.54) is 37.0 Å². The second-order valence-corrected chi connectivity index (χ2v) is 8.64. The Morgan fingerprint density at radius 1 is 0.590 bits per heavy atom. The molecule has 0 spiro atoms. The number of benzene rings is 1. The summed E-state index contributed by atoms with van der Waals surface area (Å²) in [5.41, 5.74) is -0.180. The van der Waals surface area contributed by atoms with Crippen LogP contribution in [0.1, 0.15) is 110 Å². The van der Waals surface area contributed by atoms with Crippen molar-refractivity contribution in [3.05, 3.63) is 73.4 Å². The highest BCUT2D eigenvalue weighted by Gasteiger charge is 2.24. The Hall–Kier alpha value is -3.75. The quantitative estimate of drug-likeness (QED) is 0.0685. The van der Waals surface area contributed by atoms with Gasteiger partial charge in [0.2, 0.25) is 18.9 Å². The van der Waals surface area contributed by atoms with E-state index in [4.69, 9.17) is 28.4 Å². The third-order valence-corrected chi connectivity index (χ3v) is 5.48. The highest BCUT2D eigenvalue weighted by Crippen LogP contribution is 2.20. The first-order valence-corrected chi connectivity index (χ1v) is 13.4. The lowest BCUT2D eigenvalue weighted by Gasteiger charge is -2.19. The first-order chi connectivity index (χ1) is 18.8. The summed E-state index contributed by atoms with van der Waals surface area (Å²) in [6, 6.07) is 3.85. The molecule has 1 rings (SSSR count). The van der Waals surface area contributed by atoms with Crippen molar-refractivity contribution in [3.8, 4) is 0 Å². The summed E-state index contributed by atoms with van der Waals surface area (Å²) in [5, 5.41) is 0. The maximum atomic E-state index is 13.1. The molecule has 0 fully saturated rings. The maximum Gasteiger partial charge on any atom is 0.341 e. The zero-order chi connectivity index (χ0) is 29.0. The van der Waals surface area contributed by atoms with Crippen molar-refractivity contribution >= 4 is 17.9 Å². The Bertz CT molecular complexity index is 809. The number of hydrogen-bond donors (Lipinski definition) is 0. The fourth-order valence-corrected chi connectivity index (χ4v) is 3.44. The van der Waals surface area contributed by atoms with Gasteiger partial charge < -0.3 is 28.4 Å². The van der Waals surface area contributed by atoms with Crippen molar-refractivity contribution < 1.29 is 42.8 Å². The summed E-state index contributed by atoms with van der Waals surface area (Å²) < 4.78 is 32.4. The molecule has 3 unspecified atom stereocenters. The van der Waals surface area contributed by atoms with E-state index in [2.05, 4.69) is 19.7 Å². The monoisotopic (exact) mass is 546 g/mol. The summed E-state index contributed by atoms with van der Waals surface area (Å²) in [7, 11) is 0. The van der Waals surface area contributed by atoms with Gasteiger partial charge in [-0.2, -0.15) is 0 Å². The second-order valence-electron chi connectivity index (χ2n) is 8.64. The molecule has 0 saturated heterocycles. The predicted octanol–water partition coefficient (Wildman–Crippen LogP) is 7.19. The molecule has 0 aromatic heterocycles. The van der Waals surface area contributed by atoms with Crippen molar-refractivity contribution in [2.24, 2.45) is 0 Å². The van der Waals surface area contributed by atoms with Gasteiger partial charge in [-0.15, -0.1) is 0 Å². The lowest BCUT2D eigenvalue weighted by molar-refractivity contribution is -0.0767. The molecule has 0 bridgehead atoms. The Morgan fingerprint density at radius 2 is 0.846 bits per heavy atom. The van der Waals surface area contributed by atoms with Crippen LogP contribution < -0.4 is 0 Å². The van der Waals surface area contributed by atoms with Gasteiger partial charge in [0.05, 0.1) is 35.5 Å². The third kappa shape index (κ3) is 12.6. The molecule has 9 heteroatoms. The minimum atomic E-state index is -0.875. The molecule has 0 aliphatic rings. The molecule has 9 nitrogen and oxygen atoms in total. The van der Waals surface area contributed by atoms with Crippen LogP contribution in [0.25, 0.3) is 0 Å². The molecule has 0 heterocycles. The van der Waals surface area contributed by atoms with Gasteiger partial charge in [-0.1, -0.05) is 59.8 Å². The van der Waals surface area contributed by atoms with Crippen molar-refractivity contribution in [2.75, 3.05) is 0 Å². The molecule has 0 saturated carbocycles. The molecule has 216 valence electrons. The van der Waals surface area contributed by atoms with E-state index in [0.717, 1.165) is 38.5 Å². The molecule has 0 radical (unpaired) electrons. The van der Waals surface area contributed by atoms with Crippen LogP contribution in [0.2, 0.25) is 0 Å². The summed E-state index contributed by atoms with van der Waals surface area (Å²) >= 11 is 0. The topological polar surface area (TPSA) is 107 Å². The van der Waals surface area contributed by atoms with E-state index in [-0.39, 0.29) is 16.7 Å². The molecule has 0 aliphatic heterocycles. The smallest absolute Gasteiger partial charge is 0.341 e. The number of hydrogen-bond acceptors (Lipinski definition) is 9. The molecule has 1 aromatic rings. The summed E-state index contributed by atoms with van der Waals surface area (Å²) in [4.78, 5) is 39.2. The van der Waals surface area contributed by atoms with Gasteiger partial charge in [-0.25, -0.2) is 14.4 Å². The molecule has 39 heavy (non-hydrogen) atoms. The lowest BCUT2D eigenvalue weighted by atomic mass is 10.1. The van der Waals surface area contributed by atoms with Crippen molar-refractivity contribution in [3.63, 3.8) is 0 Å². The van der Waals surface area contributed by atoms with E-state index in [0.29, 0.717) is 19.3 Å².